The first-order valence-electron chi connectivity index (χ1n) is 6.82. The number of nitrogens with one attached hydrogen (secondary N) is 1. The molecule has 1 N–H and O–H groups in total. The molecule has 19 heavy (non-hydrogen) atoms. The number of rotatable bonds is 6. The molecule has 4 heteroatoms. The summed E-state index contributed by atoms with van der Waals surface area (Å²) in [5.74, 6) is 0. The molecular weight excluding hydrogens is 258 g/mol. The van der Waals surface area contributed by atoms with Crippen LogP contribution < -0.4 is 5.32 Å². The van der Waals surface area contributed by atoms with Gasteiger partial charge in [-0.05, 0) is 43.5 Å². The largest absolute Gasteiger partial charge is 0.312 e. The number of sulfone groups is 1. The molecule has 0 aliphatic carbocycles. The molecule has 3 nitrogen and oxygen atoms in total. The molecule has 2 unspecified atom stereocenters. The van der Waals surface area contributed by atoms with E-state index in [-0.39, 0.29) is 6.04 Å². The van der Waals surface area contributed by atoms with Crippen molar-refractivity contribution in [3.05, 3.63) is 34.9 Å². The van der Waals surface area contributed by atoms with Crippen LogP contribution in [-0.4, -0.2) is 27.0 Å². The van der Waals surface area contributed by atoms with E-state index in [1.165, 1.54) is 17.4 Å². The van der Waals surface area contributed by atoms with E-state index in [0.29, 0.717) is 0 Å². The van der Waals surface area contributed by atoms with E-state index in [2.05, 4.69) is 31.3 Å². The summed E-state index contributed by atoms with van der Waals surface area (Å²) in [4.78, 5) is 0. The summed E-state index contributed by atoms with van der Waals surface area (Å²) in [6.45, 7) is 6.03. The third kappa shape index (κ3) is 3.80. The van der Waals surface area contributed by atoms with Crippen LogP contribution >= 0.6 is 0 Å². The molecule has 0 amide bonds. The van der Waals surface area contributed by atoms with Crippen LogP contribution in [0, 0.1) is 0 Å². The first-order valence-corrected chi connectivity index (χ1v) is 8.78. The lowest BCUT2D eigenvalue weighted by Gasteiger charge is -2.23. The molecule has 0 saturated heterocycles. The van der Waals surface area contributed by atoms with Crippen molar-refractivity contribution in [2.75, 3.05) is 13.3 Å². The second-order valence-corrected chi connectivity index (χ2v) is 7.44. The number of hydrogen-bond donors (Lipinski definition) is 1. The maximum absolute atomic E-state index is 11.7. The molecule has 0 spiro atoms. The number of hydrogen-bond acceptors (Lipinski definition) is 3. The van der Waals surface area contributed by atoms with Gasteiger partial charge in [-0.2, -0.15) is 0 Å². The zero-order valence-corrected chi connectivity index (χ0v) is 13.3. The van der Waals surface area contributed by atoms with E-state index in [1.807, 2.05) is 13.1 Å². The highest BCUT2D eigenvalue weighted by Gasteiger charge is 2.26. The molecule has 0 aliphatic heterocycles. The van der Waals surface area contributed by atoms with Crippen molar-refractivity contribution in [1.29, 1.82) is 0 Å². The van der Waals surface area contributed by atoms with Crippen molar-refractivity contribution >= 4 is 9.84 Å². The molecule has 0 aliphatic rings. The van der Waals surface area contributed by atoms with Gasteiger partial charge < -0.3 is 5.32 Å². The number of benzene rings is 1. The topological polar surface area (TPSA) is 46.2 Å². The Labute approximate surface area is 117 Å². The van der Waals surface area contributed by atoms with E-state index in [9.17, 15) is 8.42 Å². The predicted molar refractivity (Wildman–Crippen MR) is 81.3 cm³/mol. The van der Waals surface area contributed by atoms with Gasteiger partial charge in [0.15, 0.2) is 9.84 Å². The van der Waals surface area contributed by atoms with E-state index < -0.39 is 15.1 Å². The Kier molecular flexibility index (Phi) is 5.56. The van der Waals surface area contributed by atoms with E-state index in [4.69, 9.17) is 0 Å². The van der Waals surface area contributed by atoms with Gasteiger partial charge in [-0.15, -0.1) is 0 Å². The minimum Gasteiger partial charge on any atom is -0.312 e. The summed E-state index contributed by atoms with van der Waals surface area (Å²) >= 11 is 0. The quantitative estimate of drug-likeness (QED) is 0.872. The Morgan fingerprint density at radius 2 is 1.74 bits per heavy atom. The van der Waals surface area contributed by atoms with Crippen molar-refractivity contribution in [1.82, 2.24) is 5.32 Å². The maximum Gasteiger partial charge on any atom is 0.151 e. The Morgan fingerprint density at radius 1 is 1.16 bits per heavy atom. The standard InChI is InChI=1S/C15H25NO2S/c1-6-12-8-9-14(10-13(12)7-2)15(16-4)11(3)19(5,17)18/h8-11,15-16H,6-7H2,1-5H3. The first kappa shape index (κ1) is 16.2. The van der Waals surface area contributed by atoms with Crippen molar-refractivity contribution < 1.29 is 8.42 Å². The molecule has 0 fully saturated rings. The second kappa shape index (κ2) is 6.53. The second-order valence-electron chi connectivity index (χ2n) is 5.04. The van der Waals surface area contributed by atoms with Crippen LogP contribution in [0.4, 0.5) is 0 Å². The normalized spacial score (nSPS) is 15.2. The van der Waals surface area contributed by atoms with Crippen LogP contribution in [0.25, 0.3) is 0 Å². The molecular formula is C15H25NO2S. The lowest BCUT2D eigenvalue weighted by atomic mass is 9.95. The molecule has 2 atom stereocenters. The molecule has 1 aromatic rings. The van der Waals surface area contributed by atoms with E-state index >= 15 is 0 Å². The molecule has 0 heterocycles. The van der Waals surface area contributed by atoms with Crippen LogP contribution in [-0.2, 0) is 22.7 Å². The van der Waals surface area contributed by atoms with Crippen LogP contribution in [0.3, 0.4) is 0 Å². The van der Waals surface area contributed by atoms with Gasteiger partial charge in [0.25, 0.3) is 0 Å². The van der Waals surface area contributed by atoms with Crippen LogP contribution in [0.1, 0.15) is 43.5 Å². The summed E-state index contributed by atoms with van der Waals surface area (Å²) in [5.41, 5.74) is 3.70. The summed E-state index contributed by atoms with van der Waals surface area (Å²) in [6.07, 6.45) is 3.28. The highest BCUT2D eigenvalue weighted by atomic mass is 32.2. The van der Waals surface area contributed by atoms with E-state index in [0.717, 1.165) is 18.4 Å². The minimum atomic E-state index is -3.06. The van der Waals surface area contributed by atoms with Gasteiger partial charge >= 0.3 is 0 Å². The Hall–Kier alpha value is -0.870. The van der Waals surface area contributed by atoms with Gasteiger partial charge in [-0.1, -0.05) is 32.0 Å². The van der Waals surface area contributed by atoms with Gasteiger partial charge in [-0.3, -0.25) is 0 Å². The van der Waals surface area contributed by atoms with Gasteiger partial charge in [0, 0.05) is 12.3 Å². The zero-order chi connectivity index (χ0) is 14.6. The van der Waals surface area contributed by atoms with Crippen LogP contribution in [0.5, 0.6) is 0 Å². The fourth-order valence-corrected chi connectivity index (χ4v) is 3.22. The third-order valence-corrected chi connectivity index (χ3v) is 5.43. The Bertz CT molecular complexity index is 523. The van der Waals surface area contributed by atoms with Gasteiger partial charge in [0.05, 0.1) is 5.25 Å². The average Bonchev–Trinajstić information content (AvgIpc) is 2.38. The lowest BCUT2D eigenvalue weighted by Crippen LogP contribution is -2.33. The van der Waals surface area contributed by atoms with Gasteiger partial charge in [0.1, 0.15) is 0 Å². The van der Waals surface area contributed by atoms with Gasteiger partial charge in [-0.25, -0.2) is 8.42 Å². The molecule has 0 radical (unpaired) electrons. The molecule has 108 valence electrons. The Morgan fingerprint density at radius 3 is 2.16 bits per heavy atom. The minimum absolute atomic E-state index is 0.161. The maximum atomic E-state index is 11.7. The van der Waals surface area contributed by atoms with Crippen molar-refractivity contribution in [3.63, 3.8) is 0 Å². The highest BCUT2D eigenvalue weighted by Crippen LogP contribution is 2.24. The summed E-state index contributed by atoms with van der Waals surface area (Å²) in [5, 5.41) is 2.70. The molecule has 1 rings (SSSR count). The Balaban J connectivity index is 3.19. The van der Waals surface area contributed by atoms with Crippen molar-refractivity contribution in [3.8, 4) is 0 Å². The van der Waals surface area contributed by atoms with Crippen molar-refractivity contribution in [2.45, 2.75) is 44.9 Å². The third-order valence-electron chi connectivity index (χ3n) is 3.81. The number of aryl methyl sites for hydroxylation is 2. The van der Waals surface area contributed by atoms with Gasteiger partial charge in [0.2, 0.25) is 0 Å². The van der Waals surface area contributed by atoms with E-state index in [1.54, 1.807) is 6.92 Å². The lowest BCUT2D eigenvalue weighted by molar-refractivity contribution is 0.534. The monoisotopic (exact) mass is 283 g/mol. The zero-order valence-electron chi connectivity index (χ0n) is 12.5. The molecule has 0 aromatic heterocycles. The SMILES string of the molecule is CCc1ccc(C(NC)C(C)S(C)(=O)=O)cc1CC. The molecule has 1 aromatic carbocycles. The highest BCUT2D eigenvalue weighted by molar-refractivity contribution is 7.91. The van der Waals surface area contributed by atoms with Crippen LogP contribution in [0.15, 0.2) is 18.2 Å². The molecule has 0 saturated carbocycles. The molecule has 0 bridgehead atoms. The fraction of sp³-hybridized carbons (Fsp3) is 0.600. The predicted octanol–water partition coefficient (Wildman–Crippen LogP) is 2.51. The summed E-state index contributed by atoms with van der Waals surface area (Å²) < 4.78 is 23.5. The van der Waals surface area contributed by atoms with Crippen LogP contribution in [0.2, 0.25) is 0 Å². The smallest absolute Gasteiger partial charge is 0.151 e. The summed E-state index contributed by atoms with van der Waals surface area (Å²) in [7, 11) is -1.25. The first-order chi connectivity index (χ1) is 8.85. The van der Waals surface area contributed by atoms with Crippen molar-refractivity contribution in [2.24, 2.45) is 0 Å². The fourth-order valence-electron chi connectivity index (χ4n) is 2.43. The average molecular weight is 283 g/mol. The summed E-state index contributed by atoms with van der Waals surface area (Å²) in [6, 6.07) is 6.14.